The van der Waals surface area contributed by atoms with E-state index in [4.69, 9.17) is 0 Å². The monoisotopic (exact) mass is 190 g/mol. The van der Waals surface area contributed by atoms with Crippen molar-refractivity contribution in [3.8, 4) is 0 Å². The molecular weight excluding hydrogens is 180 g/mol. The van der Waals surface area contributed by atoms with Crippen LogP contribution in [0.5, 0.6) is 0 Å². The van der Waals surface area contributed by atoms with Gasteiger partial charge in [0, 0.05) is 6.42 Å². The van der Waals surface area contributed by atoms with Crippen molar-refractivity contribution in [2.24, 2.45) is 4.99 Å². The molecule has 0 bridgehead atoms. The Labute approximate surface area is 81.6 Å². The normalized spacial score (nSPS) is 15.4. The Bertz CT molecular complexity index is 360. The van der Waals surface area contributed by atoms with Gasteiger partial charge in [-0.2, -0.15) is 0 Å². The molecule has 72 valence electrons. The zero-order valence-corrected chi connectivity index (χ0v) is 7.56. The average Bonchev–Trinajstić information content (AvgIpc) is 2.23. The molecule has 0 saturated heterocycles. The lowest BCUT2D eigenvalue weighted by Gasteiger charge is -2.13. The summed E-state index contributed by atoms with van der Waals surface area (Å²) in [5, 5.41) is 0. The van der Waals surface area contributed by atoms with Crippen molar-refractivity contribution < 1.29 is 9.63 Å². The molecule has 1 aromatic rings. The van der Waals surface area contributed by atoms with E-state index in [2.05, 4.69) is 15.3 Å². The first kappa shape index (κ1) is 8.74. The lowest BCUT2D eigenvalue weighted by molar-refractivity contribution is -0.147. The van der Waals surface area contributed by atoms with Crippen molar-refractivity contribution in [3.63, 3.8) is 0 Å². The first-order chi connectivity index (χ1) is 6.84. The largest absolute Gasteiger partial charge is 0.353 e. The lowest BCUT2D eigenvalue weighted by Crippen LogP contribution is -2.34. The fraction of sp³-hybridized carbons (Fsp3) is 0.200. The van der Waals surface area contributed by atoms with Crippen LogP contribution < -0.4 is 5.48 Å². The average molecular weight is 190 g/mol. The lowest BCUT2D eigenvalue weighted by atomic mass is 10.1. The molecule has 4 heteroatoms. The maximum absolute atomic E-state index is 10.7. The minimum absolute atomic E-state index is 0.106. The Hall–Kier alpha value is -1.84. The first-order valence-electron chi connectivity index (χ1n) is 4.37. The molecule has 4 nitrogen and oxygen atoms in total. The Morgan fingerprint density at radius 3 is 2.79 bits per heavy atom. The van der Waals surface area contributed by atoms with Crippen molar-refractivity contribution in [3.05, 3.63) is 35.9 Å². The van der Waals surface area contributed by atoms with Gasteiger partial charge in [-0.05, 0) is 5.56 Å². The Balaban J connectivity index is 2.02. The van der Waals surface area contributed by atoms with E-state index in [1.54, 1.807) is 0 Å². The number of benzene rings is 1. The smallest absolute Gasteiger partial charge is 0.340 e. The summed E-state index contributed by atoms with van der Waals surface area (Å²) >= 11 is 0. The van der Waals surface area contributed by atoms with Crippen molar-refractivity contribution in [1.29, 1.82) is 0 Å². The molecule has 0 fully saturated rings. The minimum atomic E-state index is -0.346. The predicted molar refractivity (Wildman–Crippen MR) is 51.7 cm³/mol. The summed E-state index contributed by atoms with van der Waals surface area (Å²) in [6, 6.07) is 9.89. The fourth-order valence-electron chi connectivity index (χ4n) is 1.22. The molecule has 0 unspecified atom stereocenters. The van der Waals surface area contributed by atoms with E-state index in [-0.39, 0.29) is 12.5 Å². The molecule has 1 aliphatic rings. The third-order valence-corrected chi connectivity index (χ3v) is 1.90. The third-order valence-electron chi connectivity index (χ3n) is 1.90. The van der Waals surface area contributed by atoms with Crippen molar-refractivity contribution >= 4 is 11.8 Å². The number of amidine groups is 1. The summed E-state index contributed by atoms with van der Waals surface area (Å²) in [5.74, 6) is 0.345. The standard InChI is InChI=1S/C10H10N2O2/c13-10-7-11-9(12-14-10)6-8-4-2-1-3-5-8/h1-5H,6-7H2,(H,11,12). The molecule has 0 saturated carbocycles. The van der Waals surface area contributed by atoms with Gasteiger partial charge in [0.25, 0.3) is 0 Å². The number of aliphatic imine (C=N–C) groups is 1. The van der Waals surface area contributed by atoms with E-state index in [0.717, 1.165) is 5.56 Å². The van der Waals surface area contributed by atoms with Crippen molar-refractivity contribution in [2.45, 2.75) is 6.42 Å². The summed E-state index contributed by atoms with van der Waals surface area (Å²) in [5.41, 5.74) is 3.65. The van der Waals surface area contributed by atoms with Crippen LogP contribution in [-0.2, 0) is 16.1 Å². The van der Waals surface area contributed by atoms with Crippen molar-refractivity contribution in [2.75, 3.05) is 6.54 Å². The molecule has 14 heavy (non-hydrogen) atoms. The minimum Gasteiger partial charge on any atom is -0.340 e. The number of hydrogen-bond acceptors (Lipinski definition) is 4. The number of nitrogens with one attached hydrogen (secondary N) is 1. The van der Waals surface area contributed by atoms with Crippen LogP contribution in [0.1, 0.15) is 5.56 Å². The van der Waals surface area contributed by atoms with Crippen LogP contribution in [0.3, 0.4) is 0 Å². The number of rotatable bonds is 2. The number of hydrogen-bond donors (Lipinski definition) is 1. The number of carbonyl (C=O) groups is 1. The van der Waals surface area contributed by atoms with Crippen LogP contribution in [-0.4, -0.2) is 18.3 Å². The van der Waals surface area contributed by atoms with Crippen LogP contribution >= 0.6 is 0 Å². The van der Waals surface area contributed by atoms with Gasteiger partial charge in [-0.15, -0.1) is 0 Å². The number of carbonyl (C=O) groups excluding carboxylic acids is 1. The van der Waals surface area contributed by atoms with Crippen LogP contribution in [0, 0.1) is 0 Å². The summed E-state index contributed by atoms with van der Waals surface area (Å²) in [7, 11) is 0. The fourth-order valence-corrected chi connectivity index (χ4v) is 1.22. The van der Waals surface area contributed by atoms with E-state index >= 15 is 0 Å². The van der Waals surface area contributed by atoms with Gasteiger partial charge in [0.15, 0.2) is 0 Å². The zero-order valence-electron chi connectivity index (χ0n) is 7.56. The van der Waals surface area contributed by atoms with E-state index < -0.39 is 0 Å². The molecule has 0 spiro atoms. The van der Waals surface area contributed by atoms with Gasteiger partial charge >= 0.3 is 5.97 Å². The van der Waals surface area contributed by atoms with Gasteiger partial charge in [-0.25, -0.2) is 10.3 Å². The second-order valence-corrected chi connectivity index (χ2v) is 3.00. The van der Waals surface area contributed by atoms with Crippen molar-refractivity contribution in [1.82, 2.24) is 5.48 Å². The quantitative estimate of drug-likeness (QED) is 0.746. The summed E-state index contributed by atoms with van der Waals surface area (Å²) in [6.07, 6.45) is 0.661. The van der Waals surface area contributed by atoms with Gasteiger partial charge in [0.05, 0.1) is 0 Å². The molecular formula is C10H10N2O2. The second-order valence-electron chi connectivity index (χ2n) is 3.00. The van der Waals surface area contributed by atoms with Gasteiger partial charge in [0.2, 0.25) is 0 Å². The van der Waals surface area contributed by atoms with Crippen LogP contribution in [0.2, 0.25) is 0 Å². The highest BCUT2D eigenvalue weighted by Crippen LogP contribution is 2.01. The van der Waals surface area contributed by atoms with E-state index in [1.807, 2.05) is 30.3 Å². The molecule has 0 amide bonds. The molecule has 1 aromatic carbocycles. The maximum Gasteiger partial charge on any atom is 0.353 e. The molecule has 0 atom stereocenters. The van der Waals surface area contributed by atoms with E-state index in [0.29, 0.717) is 12.3 Å². The zero-order chi connectivity index (χ0) is 9.80. The van der Waals surface area contributed by atoms with Gasteiger partial charge in [0.1, 0.15) is 12.4 Å². The van der Waals surface area contributed by atoms with E-state index in [1.165, 1.54) is 0 Å². The number of nitrogens with zero attached hydrogens (tertiary/aromatic N) is 1. The molecule has 1 heterocycles. The first-order valence-corrected chi connectivity index (χ1v) is 4.37. The number of hydroxylamine groups is 1. The topological polar surface area (TPSA) is 50.7 Å². The van der Waals surface area contributed by atoms with Crippen LogP contribution in [0.15, 0.2) is 35.3 Å². The Morgan fingerprint density at radius 1 is 1.36 bits per heavy atom. The third kappa shape index (κ3) is 2.10. The molecule has 0 radical (unpaired) electrons. The molecule has 0 aromatic heterocycles. The molecule has 2 rings (SSSR count). The van der Waals surface area contributed by atoms with Crippen LogP contribution in [0.25, 0.3) is 0 Å². The van der Waals surface area contributed by atoms with Gasteiger partial charge in [-0.3, -0.25) is 4.99 Å². The summed E-state index contributed by atoms with van der Waals surface area (Å²) < 4.78 is 0. The van der Waals surface area contributed by atoms with E-state index in [9.17, 15) is 4.79 Å². The Morgan fingerprint density at radius 2 is 2.14 bits per heavy atom. The highest BCUT2D eigenvalue weighted by atomic mass is 16.7. The molecule has 0 aliphatic carbocycles. The highest BCUT2D eigenvalue weighted by molar-refractivity contribution is 5.89. The second kappa shape index (κ2) is 3.91. The highest BCUT2D eigenvalue weighted by Gasteiger charge is 2.11. The van der Waals surface area contributed by atoms with Gasteiger partial charge in [-0.1, -0.05) is 30.3 Å². The Kier molecular flexibility index (Phi) is 2.44. The SMILES string of the molecule is O=C1CN=C(Cc2ccccc2)NO1. The summed E-state index contributed by atoms with van der Waals surface area (Å²) in [6.45, 7) is 0.106. The van der Waals surface area contributed by atoms with Crippen LogP contribution in [0.4, 0.5) is 0 Å². The molecule has 1 N–H and O–H groups in total. The summed E-state index contributed by atoms with van der Waals surface area (Å²) in [4.78, 5) is 19.3. The maximum atomic E-state index is 10.7. The predicted octanol–water partition coefficient (Wildman–Crippen LogP) is 0.689. The molecule has 1 aliphatic heterocycles. The van der Waals surface area contributed by atoms with Gasteiger partial charge < -0.3 is 4.84 Å².